The minimum absolute atomic E-state index is 0.224. The minimum Gasteiger partial charge on any atom is -0.478 e. The van der Waals surface area contributed by atoms with Gasteiger partial charge in [-0.3, -0.25) is 4.90 Å². The molecule has 1 aromatic carbocycles. The number of anilines is 1. The number of halogens is 1. The molecule has 0 heterocycles. The van der Waals surface area contributed by atoms with Crippen LogP contribution in [0.2, 0.25) is 5.02 Å². The van der Waals surface area contributed by atoms with Crippen LogP contribution in [-0.2, 0) is 0 Å². The molecule has 1 aromatic rings. The molecule has 19 heavy (non-hydrogen) atoms. The highest BCUT2D eigenvalue weighted by molar-refractivity contribution is 6.31. The Morgan fingerprint density at radius 1 is 1.53 bits per heavy atom. The summed E-state index contributed by atoms with van der Waals surface area (Å²) in [4.78, 5) is 13.6. The molecule has 0 amide bonds. The summed E-state index contributed by atoms with van der Waals surface area (Å²) >= 11 is 5.82. The molecule has 1 aliphatic carbocycles. The highest BCUT2D eigenvalue weighted by Crippen LogP contribution is 2.26. The van der Waals surface area contributed by atoms with E-state index in [4.69, 9.17) is 16.7 Å². The van der Waals surface area contributed by atoms with Gasteiger partial charge in [-0.05, 0) is 37.6 Å². The van der Waals surface area contributed by atoms with Crippen LogP contribution in [-0.4, -0.2) is 41.7 Å². The Labute approximate surface area is 118 Å². The maximum atomic E-state index is 11.1. The summed E-state index contributed by atoms with van der Waals surface area (Å²) in [6, 6.07) is 5.63. The van der Waals surface area contributed by atoms with Gasteiger partial charge in [0.25, 0.3) is 0 Å². The predicted octanol–water partition coefficient (Wildman–Crippen LogP) is 2.93. The van der Waals surface area contributed by atoms with Crippen LogP contribution < -0.4 is 5.32 Å². The number of carboxylic acids is 1. The number of benzene rings is 1. The van der Waals surface area contributed by atoms with Gasteiger partial charge in [-0.2, -0.15) is 0 Å². The molecule has 1 saturated carbocycles. The molecule has 1 fully saturated rings. The number of nitrogens with zero attached hydrogens (tertiary/aromatic N) is 1. The average Bonchev–Trinajstić information content (AvgIpc) is 3.20. The van der Waals surface area contributed by atoms with Crippen LogP contribution >= 0.6 is 11.6 Å². The number of rotatable bonds is 7. The van der Waals surface area contributed by atoms with Gasteiger partial charge in [0.05, 0.1) is 5.56 Å². The number of carbonyl (C=O) groups is 1. The second kappa shape index (κ2) is 6.26. The summed E-state index contributed by atoms with van der Waals surface area (Å²) < 4.78 is 0. The van der Waals surface area contributed by atoms with Crippen molar-refractivity contribution in [1.82, 2.24) is 4.90 Å². The van der Waals surface area contributed by atoms with Gasteiger partial charge in [-0.15, -0.1) is 0 Å². The molecule has 0 aliphatic heterocycles. The third-order valence-electron chi connectivity index (χ3n) is 3.40. The zero-order valence-electron chi connectivity index (χ0n) is 11.0. The molecule has 0 saturated heterocycles. The molecule has 0 radical (unpaired) electrons. The van der Waals surface area contributed by atoms with Gasteiger partial charge in [-0.1, -0.05) is 18.5 Å². The fraction of sp³-hybridized carbons (Fsp3) is 0.500. The third kappa shape index (κ3) is 3.85. The largest absolute Gasteiger partial charge is 0.478 e. The van der Waals surface area contributed by atoms with Crippen LogP contribution in [0, 0.1) is 0 Å². The molecule has 5 heteroatoms. The van der Waals surface area contributed by atoms with Crippen LogP contribution in [0.3, 0.4) is 0 Å². The first kappa shape index (κ1) is 14.2. The van der Waals surface area contributed by atoms with E-state index in [2.05, 4.69) is 17.1 Å². The first-order chi connectivity index (χ1) is 9.11. The van der Waals surface area contributed by atoms with Gasteiger partial charge in [0, 0.05) is 29.8 Å². The van der Waals surface area contributed by atoms with E-state index in [-0.39, 0.29) is 5.56 Å². The lowest BCUT2D eigenvalue weighted by Crippen LogP contribution is -2.31. The van der Waals surface area contributed by atoms with Gasteiger partial charge < -0.3 is 10.4 Å². The van der Waals surface area contributed by atoms with Gasteiger partial charge in [0.1, 0.15) is 0 Å². The average molecular weight is 283 g/mol. The standard InChI is InChI=1S/C14H19ClN2O2/c1-2-17(11-4-5-11)8-7-16-13-6-3-10(15)9-12(13)14(18)19/h3,6,9,11,16H,2,4-5,7-8H2,1H3,(H,18,19). The summed E-state index contributed by atoms with van der Waals surface area (Å²) in [5.74, 6) is -0.959. The van der Waals surface area contributed by atoms with Crippen LogP contribution in [0.1, 0.15) is 30.1 Å². The van der Waals surface area contributed by atoms with Gasteiger partial charge in [-0.25, -0.2) is 4.79 Å². The highest BCUT2D eigenvalue weighted by Gasteiger charge is 2.27. The number of aromatic carboxylic acids is 1. The van der Waals surface area contributed by atoms with Gasteiger partial charge >= 0.3 is 5.97 Å². The predicted molar refractivity (Wildman–Crippen MR) is 77.2 cm³/mol. The molecular formula is C14H19ClN2O2. The van der Waals surface area contributed by atoms with E-state index in [1.807, 2.05) is 0 Å². The van der Waals surface area contributed by atoms with E-state index in [0.29, 0.717) is 10.7 Å². The first-order valence-electron chi connectivity index (χ1n) is 6.62. The second-order valence-corrected chi connectivity index (χ2v) is 5.22. The van der Waals surface area contributed by atoms with Crippen LogP contribution in [0.4, 0.5) is 5.69 Å². The Balaban J connectivity index is 1.93. The van der Waals surface area contributed by atoms with Crippen LogP contribution in [0.15, 0.2) is 18.2 Å². The van der Waals surface area contributed by atoms with E-state index in [0.717, 1.165) is 25.7 Å². The smallest absolute Gasteiger partial charge is 0.337 e. The van der Waals surface area contributed by atoms with Crippen LogP contribution in [0.5, 0.6) is 0 Å². The Bertz CT molecular complexity index is 461. The van der Waals surface area contributed by atoms with Crippen molar-refractivity contribution >= 4 is 23.3 Å². The van der Waals surface area contributed by atoms with Crippen molar-refractivity contribution in [1.29, 1.82) is 0 Å². The lowest BCUT2D eigenvalue weighted by molar-refractivity contribution is 0.0698. The Morgan fingerprint density at radius 2 is 2.26 bits per heavy atom. The molecule has 0 atom stereocenters. The van der Waals surface area contributed by atoms with E-state index in [1.165, 1.54) is 18.9 Å². The molecule has 0 spiro atoms. The lowest BCUT2D eigenvalue weighted by Gasteiger charge is -2.20. The topological polar surface area (TPSA) is 52.6 Å². The van der Waals surface area contributed by atoms with Crippen molar-refractivity contribution in [3.8, 4) is 0 Å². The van der Waals surface area contributed by atoms with Gasteiger partial charge in [0.2, 0.25) is 0 Å². The zero-order valence-corrected chi connectivity index (χ0v) is 11.8. The van der Waals surface area contributed by atoms with E-state index in [1.54, 1.807) is 12.1 Å². The molecule has 0 bridgehead atoms. The molecule has 4 nitrogen and oxygen atoms in total. The molecule has 1 aliphatic rings. The van der Waals surface area contributed by atoms with Gasteiger partial charge in [0.15, 0.2) is 0 Å². The summed E-state index contributed by atoms with van der Waals surface area (Å²) in [6.07, 6.45) is 2.57. The number of carboxylic acid groups (broad SMARTS) is 1. The molecule has 2 rings (SSSR count). The minimum atomic E-state index is -0.959. The highest BCUT2D eigenvalue weighted by atomic mass is 35.5. The molecule has 0 aromatic heterocycles. The fourth-order valence-electron chi connectivity index (χ4n) is 2.22. The van der Waals surface area contributed by atoms with Crippen molar-refractivity contribution in [3.05, 3.63) is 28.8 Å². The molecular weight excluding hydrogens is 264 g/mol. The van der Waals surface area contributed by atoms with Crippen molar-refractivity contribution in [2.75, 3.05) is 25.0 Å². The van der Waals surface area contributed by atoms with E-state index in [9.17, 15) is 4.79 Å². The zero-order chi connectivity index (χ0) is 13.8. The number of hydrogen-bond donors (Lipinski definition) is 2. The second-order valence-electron chi connectivity index (χ2n) is 4.78. The fourth-order valence-corrected chi connectivity index (χ4v) is 2.39. The summed E-state index contributed by atoms with van der Waals surface area (Å²) in [5, 5.41) is 12.8. The van der Waals surface area contributed by atoms with Crippen molar-refractivity contribution < 1.29 is 9.90 Å². The Kier molecular flexibility index (Phi) is 4.66. The number of likely N-dealkylation sites (N-methyl/N-ethyl adjacent to an activating group) is 1. The monoisotopic (exact) mass is 282 g/mol. The number of nitrogens with one attached hydrogen (secondary N) is 1. The maximum absolute atomic E-state index is 11.1. The summed E-state index contributed by atoms with van der Waals surface area (Å²) in [6.45, 7) is 4.87. The lowest BCUT2D eigenvalue weighted by atomic mass is 10.2. The quantitative estimate of drug-likeness (QED) is 0.807. The maximum Gasteiger partial charge on any atom is 0.337 e. The number of hydrogen-bond acceptors (Lipinski definition) is 3. The van der Waals surface area contributed by atoms with E-state index < -0.39 is 5.97 Å². The summed E-state index contributed by atoms with van der Waals surface area (Å²) in [5.41, 5.74) is 0.853. The summed E-state index contributed by atoms with van der Waals surface area (Å²) in [7, 11) is 0. The molecule has 2 N–H and O–H groups in total. The third-order valence-corrected chi connectivity index (χ3v) is 3.63. The van der Waals surface area contributed by atoms with E-state index >= 15 is 0 Å². The van der Waals surface area contributed by atoms with Crippen molar-refractivity contribution in [2.45, 2.75) is 25.8 Å². The van der Waals surface area contributed by atoms with Crippen molar-refractivity contribution in [3.63, 3.8) is 0 Å². The normalized spacial score (nSPS) is 14.7. The Hall–Kier alpha value is -1.26. The van der Waals surface area contributed by atoms with Crippen LogP contribution in [0.25, 0.3) is 0 Å². The first-order valence-corrected chi connectivity index (χ1v) is 7.00. The SMILES string of the molecule is CCN(CCNc1ccc(Cl)cc1C(=O)O)C1CC1. The Morgan fingerprint density at radius 3 is 2.84 bits per heavy atom. The molecule has 0 unspecified atom stereocenters. The molecule has 104 valence electrons. The van der Waals surface area contributed by atoms with Crippen molar-refractivity contribution in [2.24, 2.45) is 0 Å².